The number of carbonyl (C=O) groups is 2. The van der Waals surface area contributed by atoms with E-state index in [0.717, 1.165) is 45.1 Å². The summed E-state index contributed by atoms with van der Waals surface area (Å²) in [6.07, 6.45) is 13.9. The van der Waals surface area contributed by atoms with Crippen LogP contribution in [0.25, 0.3) is 0 Å². The molecule has 5 heteroatoms. The number of ketones is 1. The Balaban J connectivity index is 1.27. The number of ether oxygens (including phenoxy) is 3. The Labute approximate surface area is 212 Å². The highest BCUT2D eigenvalue weighted by atomic mass is 16.7. The number of rotatable bonds is 6. The second kappa shape index (κ2) is 10.1. The lowest BCUT2D eigenvalue weighted by molar-refractivity contribution is -0.211. The van der Waals surface area contributed by atoms with Gasteiger partial charge in [0, 0.05) is 25.4 Å². The zero-order chi connectivity index (χ0) is 24.8. The third-order valence-corrected chi connectivity index (χ3v) is 11.7. The van der Waals surface area contributed by atoms with Crippen molar-refractivity contribution in [2.45, 2.75) is 117 Å². The molecule has 0 spiro atoms. The number of carbonyl (C=O) groups excluding carboxylic acids is 2. The van der Waals surface area contributed by atoms with Crippen LogP contribution in [-0.4, -0.2) is 37.9 Å². The minimum Gasteiger partial charge on any atom is -0.469 e. The molecule has 0 radical (unpaired) electrons. The molecule has 0 aromatic carbocycles. The molecule has 4 saturated carbocycles. The molecular formula is C30H48O5. The Bertz CT molecular complexity index is 790. The number of Topliss-reactive ketones (excluding diaryl/α,β-unsaturated/α-hetero) is 1. The molecule has 1 saturated heterocycles. The van der Waals surface area contributed by atoms with E-state index in [1.807, 2.05) is 0 Å². The third kappa shape index (κ3) is 4.62. The van der Waals surface area contributed by atoms with Crippen LogP contribution in [0.15, 0.2) is 0 Å². The van der Waals surface area contributed by atoms with Gasteiger partial charge in [-0.2, -0.15) is 0 Å². The Morgan fingerprint density at radius 2 is 1.83 bits per heavy atom. The lowest BCUT2D eigenvalue weighted by Gasteiger charge is -2.60. The van der Waals surface area contributed by atoms with E-state index in [4.69, 9.17) is 14.2 Å². The van der Waals surface area contributed by atoms with Crippen molar-refractivity contribution in [1.82, 2.24) is 0 Å². The first-order chi connectivity index (χ1) is 16.8. The first-order valence-electron chi connectivity index (χ1n) is 14.6. The van der Waals surface area contributed by atoms with E-state index in [2.05, 4.69) is 20.8 Å². The highest BCUT2D eigenvalue weighted by Gasteiger charge is 2.63. The minimum atomic E-state index is -0.101. The standard InChI is InChI=1S/C30H48O5/c1-19(8-11-26(32)33-4)22-9-10-23-28-24(13-15-30(22,23)3)29(2)14-12-21(17-20(29)18-25(28)31)35-27-7-5-6-16-34-27/h19-24,27-28H,5-18H2,1-4H3/t19-,20-,21+,22+,23+,24-,27+,28-,29-,30+/m0/s1. The average Bonchev–Trinajstić information content (AvgIpc) is 3.21. The molecule has 5 rings (SSSR count). The van der Waals surface area contributed by atoms with E-state index >= 15 is 0 Å². The summed E-state index contributed by atoms with van der Waals surface area (Å²) in [5.74, 6) is 3.30. The fourth-order valence-corrected chi connectivity index (χ4v) is 9.67. The largest absolute Gasteiger partial charge is 0.469 e. The summed E-state index contributed by atoms with van der Waals surface area (Å²) >= 11 is 0. The van der Waals surface area contributed by atoms with E-state index in [1.165, 1.54) is 45.6 Å². The van der Waals surface area contributed by atoms with Gasteiger partial charge in [0.1, 0.15) is 5.78 Å². The molecule has 10 atom stereocenters. The van der Waals surface area contributed by atoms with Crippen molar-refractivity contribution < 1.29 is 23.8 Å². The maximum atomic E-state index is 13.8. The lowest BCUT2D eigenvalue weighted by atomic mass is 9.44. The Kier molecular flexibility index (Phi) is 7.40. The molecule has 0 amide bonds. The van der Waals surface area contributed by atoms with Crippen molar-refractivity contribution in [3.8, 4) is 0 Å². The lowest BCUT2D eigenvalue weighted by Crippen LogP contribution is -2.57. The van der Waals surface area contributed by atoms with E-state index in [-0.39, 0.29) is 35.1 Å². The molecule has 5 nitrogen and oxygen atoms in total. The van der Waals surface area contributed by atoms with Crippen LogP contribution in [0.2, 0.25) is 0 Å². The van der Waals surface area contributed by atoms with Gasteiger partial charge in [-0.05, 0) is 111 Å². The smallest absolute Gasteiger partial charge is 0.305 e. The number of hydrogen-bond donors (Lipinski definition) is 0. The fourth-order valence-electron chi connectivity index (χ4n) is 9.67. The molecule has 0 N–H and O–H groups in total. The maximum Gasteiger partial charge on any atom is 0.305 e. The highest BCUT2D eigenvalue weighted by Crippen LogP contribution is 2.67. The molecule has 5 aliphatic rings. The van der Waals surface area contributed by atoms with Gasteiger partial charge in [-0.15, -0.1) is 0 Å². The molecule has 5 fully saturated rings. The van der Waals surface area contributed by atoms with Crippen LogP contribution in [0.1, 0.15) is 104 Å². The summed E-state index contributed by atoms with van der Waals surface area (Å²) in [5, 5.41) is 0. The fraction of sp³-hybridized carbons (Fsp3) is 0.933. The maximum absolute atomic E-state index is 13.8. The Hall–Kier alpha value is -0.940. The molecule has 1 heterocycles. The van der Waals surface area contributed by atoms with Crippen LogP contribution >= 0.6 is 0 Å². The van der Waals surface area contributed by atoms with Crippen LogP contribution in [0.4, 0.5) is 0 Å². The van der Waals surface area contributed by atoms with Crippen LogP contribution in [0, 0.1) is 46.3 Å². The Morgan fingerprint density at radius 3 is 2.57 bits per heavy atom. The predicted octanol–water partition coefficient (Wildman–Crippen LogP) is 6.33. The van der Waals surface area contributed by atoms with Crippen molar-refractivity contribution in [1.29, 1.82) is 0 Å². The van der Waals surface area contributed by atoms with Crippen molar-refractivity contribution >= 4 is 11.8 Å². The summed E-state index contributed by atoms with van der Waals surface area (Å²) in [6.45, 7) is 8.15. The van der Waals surface area contributed by atoms with Crippen molar-refractivity contribution in [3.63, 3.8) is 0 Å². The summed E-state index contributed by atoms with van der Waals surface area (Å²) in [5.41, 5.74) is 0.496. The molecule has 1 aliphatic heterocycles. The quantitative estimate of drug-likeness (QED) is 0.323. The van der Waals surface area contributed by atoms with Crippen LogP contribution in [0.3, 0.4) is 0 Å². The van der Waals surface area contributed by atoms with E-state index in [9.17, 15) is 9.59 Å². The van der Waals surface area contributed by atoms with Gasteiger partial charge >= 0.3 is 5.97 Å². The number of esters is 1. The van der Waals surface area contributed by atoms with Crippen molar-refractivity contribution in [2.75, 3.05) is 13.7 Å². The average molecular weight is 489 g/mol. The zero-order valence-electron chi connectivity index (χ0n) is 22.6. The SMILES string of the molecule is COC(=O)CC[C@H](C)[C@H]1CC[C@@H]2[C@@H]3C(=O)C[C@@H]4C[C@H](O[C@@H]5CCCCO5)CC[C@]4(C)[C@H]3CC[C@@]21C. The number of methoxy groups -OCH3 is 1. The van der Waals surface area contributed by atoms with Gasteiger partial charge in [0.2, 0.25) is 0 Å². The molecule has 198 valence electrons. The second-order valence-corrected chi connectivity index (χ2v) is 13.3. The molecule has 0 unspecified atom stereocenters. The van der Waals surface area contributed by atoms with Crippen LogP contribution in [-0.2, 0) is 23.8 Å². The van der Waals surface area contributed by atoms with Crippen molar-refractivity contribution in [2.24, 2.45) is 46.3 Å². The second-order valence-electron chi connectivity index (χ2n) is 13.3. The van der Waals surface area contributed by atoms with Gasteiger partial charge in [0.05, 0.1) is 13.2 Å². The Morgan fingerprint density at radius 1 is 1.06 bits per heavy atom. The first kappa shape index (κ1) is 25.7. The highest BCUT2D eigenvalue weighted by molar-refractivity contribution is 5.83. The first-order valence-corrected chi connectivity index (χ1v) is 14.6. The van der Waals surface area contributed by atoms with Gasteiger partial charge in [0.25, 0.3) is 0 Å². The summed E-state index contributed by atoms with van der Waals surface area (Å²) in [7, 11) is 1.48. The summed E-state index contributed by atoms with van der Waals surface area (Å²) in [6, 6.07) is 0. The molecule has 0 bridgehead atoms. The van der Waals surface area contributed by atoms with E-state index in [0.29, 0.717) is 41.8 Å². The van der Waals surface area contributed by atoms with Gasteiger partial charge in [0.15, 0.2) is 6.29 Å². The van der Waals surface area contributed by atoms with Crippen LogP contribution < -0.4 is 0 Å². The van der Waals surface area contributed by atoms with Crippen LogP contribution in [0.5, 0.6) is 0 Å². The van der Waals surface area contributed by atoms with Gasteiger partial charge in [-0.3, -0.25) is 9.59 Å². The monoisotopic (exact) mass is 488 g/mol. The van der Waals surface area contributed by atoms with Gasteiger partial charge < -0.3 is 14.2 Å². The topological polar surface area (TPSA) is 61.8 Å². The molecule has 0 aromatic rings. The molecule has 35 heavy (non-hydrogen) atoms. The van der Waals surface area contributed by atoms with Gasteiger partial charge in [-0.25, -0.2) is 0 Å². The van der Waals surface area contributed by atoms with Crippen molar-refractivity contribution in [3.05, 3.63) is 0 Å². The summed E-state index contributed by atoms with van der Waals surface area (Å²) in [4.78, 5) is 25.6. The molecule has 4 aliphatic carbocycles. The third-order valence-electron chi connectivity index (χ3n) is 11.7. The number of fused-ring (bicyclic) bond motifs is 5. The zero-order valence-corrected chi connectivity index (χ0v) is 22.6. The molecular weight excluding hydrogens is 440 g/mol. The van der Waals surface area contributed by atoms with E-state index in [1.54, 1.807) is 0 Å². The minimum absolute atomic E-state index is 0.0304. The number of hydrogen-bond acceptors (Lipinski definition) is 5. The predicted molar refractivity (Wildman–Crippen MR) is 134 cm³/mol. The summed E-state index contributed by atoms with van der Waals surface area (Å²) < 4.78 is 17.2. The molecule has 0 aromatic heterocycles. The van der Waals surface area contributed by atoms with Gasteiger partial charge in [-0.1, -0.05) is 20.8 Å². The van der Waals surface area contributed by atoms with E-state index < -0.39 is 0 Å². The normalized spacial score (nSPS) is 46.3.